The van der Waals surface area contributed by atoms with Crippen molar-refractivity contribution in [1.82, 2.24) is 9.13 Å². The zero-order valence-electron chi connectivity index (χ0n) is 9.87. The molecule has 0 atom stereocenters. The fourth-order valence-electron chi connectivity index (χ4n) is 1.30. The first-order valence-corrected chi connectivity index (χ1v) is 5.85. The SMILES string of the molecule is CC(C)CNc1c(Br)c(=O)n(C)c(=O)n1C. The molecule has 5 nitrogen and oxygen atoms in total. The monoisotopic (exact) mass is 289 g/mol. The second kappa shape index (κ2) is 4.86. The molecule has 1 aromatic rings. The van der Waals surface area contributed by atoms with Gasteiger partial charge in [-0.05, 0) is 21.8 Å². The Morgan fingerprint density at radius 2 is 1.81 bits per heavy atom. The van der Waals surface area contributed by atoms with E-state index < -0.39 is 0 Å². The predicted molar refractivity (Wildman–Crippen MR) is 68.0 cm³/mol. The van der Waals surface area contributed by atoms with Crippen LogP contribution in [-0.4, -0.2) is 15.7 Å². The minimum Gasteiger partial charge on any atom is -0.370 e. The van der Waals surface area contributed by atoms with Crippen molar-refractivity contribution in [3.8, 4) is 0 Å². The van der Waals surface area contributed by atoms with Gasteiger partial charge in [-0.3, -0.25) is 13.9 Å². The third-order valence-corrected chi connectivity index (χ3v) is 3.00. The number of hydrogen-bond acceptors (Lipinski definition) is 3. The smallest absolute Gasteiger partial charge is 0.332 e. The summed E-state index contributed by atoms with van der Waals surface area (Å²) in [4.78, 5) is 23.3. The van der Waals surface area contributed by atoms with Gasteiger partial charge in [0.2, 0.25) is 0 Å². The normalized spacial score (nSPS) is 10.9. The molecule has 0 saturated heterocycles. The number of nitrogens with one attached hydrogen (secondary N) is 1. The Bertz CT molecular complexity index is 465. The molecule has 1 heterocycles. The quantitative estimate of drug-likeness (QED) is 0.900. The molecule has 0 amide bonds. The van der Waals surface area contributed by atoms with Crippen molar-refractivity contribution in [1.29, 1.82) is 0 Å². The Morgan fingerprint density at radius 1 is 1.25 bits per heavy atom. The molecule has 1 aromatic heterocycles. The van der Waals surface area contributed by atoms with E-state index in [1.54, 1.807) is 7.05 Å². The predicted octanol–water partition coefficient (Wildman–Crippen LogP) is 0.914. The molecule has 0 aliphatic heterocycles. The van der Waals surface area contributed by atoms with Crippen LogP contribution in [-0.2, 0) is 14.1 Å². The van der Waals surface area contributed by atoms with E-state index in [4.69, 9.17) is 0 Å². The van der Waals surface area contributed by atoms with Gasteiger partial charge < -0.3 is 5.32 Å². The van der Waals surface area contributed by atoms with Crippen molar-refractivity contribution >= 4 is 21.7 Å². The van der Waals surface area contributed by atoms with Gasteiger partial charge in [-0.2, -0.15) is 0 Å². The van der Waals surface area contributed by atoms with Crippen LogP contribution in [0.1, 0.15) is 13.8 Å². The summed E-state index contributed by atoms with van der Waals surface area (Å²) in [5, 5.41) is 3.09. The summed E-state index contributed by atoms with van der Waals surface area (Å²) >= 11 is 3.21. The van der Waals surface area contributed by atoms with E-state index in [2.05, 4.69) is 35.1 Å². The highest BCUT2D eigenvalue weighted by Gasteiger charge is 2.12. The molecule has 90 valence electrons. The molecule has 0 aliphatic carbocycles. The standard InChI is InChI=1S/C10H16BrN3O2/c1-6(2)5-12-8-7(11)9(15)14(4)10(16)13(8)3/h6,12H,5H2,1-4H3. The van der Waals surface area contributed by atoms with Gasteiger partial charge >= 0.3 is 5.69 Å². The second-order valence-corrected chi connectivity index (χ2v) is 4.94. The fraction of sp³-hybridized carbons (Fsp3) is 0.600. The van der Waals surface area contributed by atoms with Crippen LogP contribution in [0.3, 0.4) is 0 Å². The first-order chi connectivity index (χ1) is 7.36. The summed E-state index contributed by atoms with van der Waals surface area (Å²) in [5.41, 5.74) is -0.659. The molecule has 16 heavy (non-hydrogen) atoms. The Morgan fingerprint density at radius 3 is 2.31 bits per heavy atom. The number of hydrogen-bond donors (Lipinski definition) is 1. The molecule has 6 heteroatoms. The van der Waals surface area contributed by atoms with Crippen LogP contribution in [0.25, 0.3) is 0 Å². The topological polar surface area (TPSA) is 56.0 Å². The van der Waals surface area contributed by atoms with Crippen LogP contribution in [0, 0.1) is 5.92 Å². The molecule has 1 N–H and O–H groups in total. The maximum atomic E-state index is 11.7. The van der Waals surface area contributed by atoms with E-state index in [1.165, 1.54) is 11.6 Å². The van der Waals surface area contributed by atoms with Gasteiger partial charge in [-0.15, -0.1) is 0 Å². The lowest BCUT2D eigenvalue weighted by molar-refractivity contribution is 0.656. The molecule has 1 rings (SSSR count). The van der Waals surface area contributed by atoms with Gasteiger partial charge in [0, 0.05) is 20.6 Å². The summed E-state index contributed by atoms with van der Waals surface area (Å²) in [5.74, 6) is 0.966. The van der Waals surface area contributed by atoms with Crippen LogP contribution in [0.4, 0.5) is 5.82 Å². The van der Waals surface area contributed by atoms with Crippen molar-refractivity contribution in [3.05, 3.63) is 25.3 Å². The fourth-order valence-corrected chi connectivity index (χ4v) is 1.97. The van der Waals surface area contributed by atoms with Crippen LogP contribution in [0.15, 0.2) is 14.1 Å². The molecule has 0 aliphatic rings. The second-order valence-electron chi connectivity index (χ2n) is 4.14. The van der Waals surface area contributed by atoms with Crippen LogP contribution >= 0.6 is 15.9 Å². The van der Waals surface area contributed by atoms with E-state index in [1.807, 2.05) is 0 Å². The zero-order valence-corrected chi connectivity index (χ0v) is 11.5. The van der Waals surface area contributed by atoms with Crippen molar-refractivity contribution in [2.45, 2.75) is 13.8 Å². The molecule has 0 saturated carbocycles. The third kappa shape index (κ3) is 2.37. The van der Waals surface area contributed by atoms with E-state index in [-0.39, 0.29) is 11.2 Å². The molecule has 0 bridgehead atoms. The van der Waals surface area contributed by atoms with Gasteiger partial charge in [0.25, 0.3) is 5.56 Å². The molecular weight excluding hydrogens is 274 g/mol. The zero-order chi connectivity index (χ0) is 12.5. The number of anilines is 1. The van der Waals surface area contributed by atoms with E-state index in [9.17, 15) is 9.59 Å². The largest absolute Gasteiger partial charge is 0.370 e. The number of rotatable bonds is 3. The maximum Gasteiger partial charge on any atom is 0.332 e. The van der Waals surface area contributed by atoms with E-state index >= 15 is 0 Å². The van der Waals surface area contributed by atoms with Crippen LogP contribution in [0.2, 0.25) is 0 Å². The summed E-state index contributed by atoms with van der Waals surface area (Å²) < 4.78 is 2.89. The molecule has 0 radical (unpaired) electrons. The van der Waals surface area contributed by atoms with Gasteiger partial charge in [0.15, 0.2) is 0 Å². The van der Waals surface area contributed by atoms with Gasteiger partial charge in [-0.25, -0.2) is 4.79 Å². The Hall–Kier alpha value is -1.04. The lowest BCUT2D eigenvalue weighted by Gasteiger charge is -2.15. The first kappa shape index (κ1) is 13.0. The molecule has 0 aromatic carbocycles. The van der Waals surface area contributed by atoms with Crippen LogP contribution < -0.4 is 16.6 Å². The highest BCUT2D eigenvalue weighted by molar-refractivity contribution is 9.10. The summed E-state index contributed by atoms with van der Waals surface area (Å²) in [6.45, 7) is 4.82. The van der Waals surface area contributed by atoms with Gasteiger partial charge in [0.1, 0.15) is 10.3 Å². The first-order valence-electron chi connectivity index (χ1n) is 5.05. The minimum absolute atomic E-state index is 0.325. The lowest BCUT2D eigenvalue weighted by Crippen LogP contribution is -2.39. The van der Waals surface area contributed by atoms with Gasteiger partial charge in [0.05, 0.1) is 0 Å². The summed E-state index contributed by atoms with van der Waals surface area (Å²) in [7, 11) is 3.09. The van der Waals surface area contributed by atoms with Crippen LogP contribution in [0.5, 0.6) is 0 Å². The Kier molecular flexibility index (Phi) is 3.96. The Labute approximate surface area is 102 Å². The average molecular weight is 290 g/mol. The van der Waals surface area contributed by atoms with Crippen molar-refractivity contribution < 1.29 is 0 Å². The van der Waals surface area contributed by atoms with Crippen molar-refractivity contribution in [2.75, 3.05) is 11.9 Å². The maximum absolute atomic E-state index is 11.7. The highest BCUT2D eigenvalue weighted by atomic mass is 79.9. The Balaban J connectivity index is 3.29. The van der Waals surface area contributed by atoms with E-state index in [0.717, 1.165) is 4.57 Å². The van der Waals surface area contributed by atoms with E-state index in [0.29, 0.717) is 22.8 Å². The molecule has 0 unspecified atom stereocenters. The lowest BCUT2D eigenvalue weighted by atomic mass is 10.2. The molecule has 0 spiro atoms. The van der Waals surface area contributed by atoms with Gasteiger partial charge in [-0.1, -0.05) is 13.8 Å². The number of aromatic nitrogens is 2. The van der Waals surface area contributed by atoms with Crippen molar-refractivity contribution in [3.63, 3.8) is 0 Å². The third-order valence-electron chi connectivity index (χ3n) is 2.29. The number of nitrogens with zero attached hydrogens (tertiary/aromatic N) is 2. The minimum atomic E-state index is -0.334. The highest BCUT2D eigenvalue weighted by Crippen LogP contribution is 2.15. The van der Waals surface area contributed by atoms with Crippen molar-refractivity contribution in [2.24, 2.45) is 20.0 Å². The number of halogens is 1. The molecular formula is C10H16BrN3O2. The molecule has 0 fully saturated rings. The summed E-state index contributed by atoms with van der Waals surface area (Å²) in [6.07, 6.45) is 0. The average Bonchev–Trinajstić information content (AvgIpc) is 2.23. The summed E-state index contributed by atoms with van der Waals surface area (Å²) in [6, 6.07) is 0.